The van der Waals surface area contributed by atoms with E-state index in [9.17, 15) is 33.1 Å². The lowest BCUT2D eigenvalue weighted by molar-refractivity contribution is -0.137. The smallest absolute Gasteiger partial charge is 0.417 e. The van der Waals surface area contributed by atoms with E-state index in [2.05, 4.69) is 15.0 Å². The molecule has 0 aliphatic rings. The van der Waals surface area contributed by atoms with Crippen molar-refractivity contribution in [2.45, 2.75) is 40.4 Å². The number of alkyl halides is 3. The van der Waals surface area contributed by atoms with Gasteiger partial charge in [0.2, 0.25) is 0 Å². The van der Waals surface area contributed by atoms with Crippen LogP contribution in [0.3, 0.4) is 0 Å². The summed E-state index contributed by atoms with van der Waals surface area (Å²) < 4.78 is 51.3. The standard InChI is InChI=1S/C35H25ClF3N5O4S/c1-16-9-17(2)41-26(10-16)29-23(14-40)30-27(13-25(29)35(37,38)39)43-19(4)44(33(30)45)7-8-48-28-6-5-20(36)12-21(28)22-11-18(3)42-31-24(34(46)47)15-49-32(22)31/h5-6,9-13,15H,7-8H2,1-4H3,(H,46,47). The molecule has 2 aromatic carbocycles. The van der Waals surface area contributed by atoms with E-state index in [4.69, 9.17) is 16.3 Å². The molecule has 9 nitrogen and oxygen atoms in total. The molecule has 0 amide bonds. The van der Waals surface area contributed by atoms with E-state index in [1.54, 1.807) is 51.1 Å². The first-order valence-corrected chi connectivity index (χ1v) is 16.0. The van der Waals surface area contributed by atoms with Gasteiger partial charge in [0.15, 0.2) is 0 Å². The third-order valence-corrected chi connectivity index (χ3v) is 9.13. The summed E-state index contributed by atoms with van der Waals surface area (Å²) in [6.45, 7) is 6.43. The van der Waals surface area contributed by atoms with E-state index in [0.717, 1.165) is 6.07 Å². The topological polar surface area (TPSA) is 131 Å². The minimum absolute atomic E-state index is 0.0638. The van der Waals surface area contributed by atoms with Gasteiger partial charge in [-0.2, -0.15) is 18.4 Å². The molecule has 6 rings (SSSR count). The molecule has 49 heavy (non-hydrogen) atoms. The average Bonchev–Trinajstić information content (AvgIpc) is 3.45. The number of nitrogens with zero attached hydrogens (tertiary/aromatic N) is 5. The Balaban J connectivity index is 1.43. The molecule has 0 spiro atoms. The molecule has 0 radical (unpaired) electrons. The second kappa shape index (κ2) is 12.6. The zero-order valence-electron chi connectivity index (χ0n) is 26.4. The molecule has 0 saturated carbocycles. The fourth-order valence-corrected chi connectivity index (χ4v) is 7.08. The van der Waals surface area contributed by atoms with E-state index in [0.29, 0.717) is 49.1 Å². The predicted octanol–water partition coefficient (Wildman–Crippen LogP) is 8.29. The fraction of sp³-hybridized carbons (Fsp3) is 0.200. The summed E-state index contributed by atoms with van der Waals surface area (Å²) in [4.78, 5) is 38.8. The number of aryl methyl sites for hydroxylation is 4. The molecule has 0 saturated heterocycles. The maximum atomic E-state index is 14.4. The van der Waals surface area contributed by atoms with Gasteiger partial charge in [0, 0.05) is 38.5 Å². The summed E-state index contributed by atoms with van der Waals surface area (Å²) in [5, 5.41) is 21.5. The van der Waals surface area contributed by atoms with Gasteiger partial charge in [-0.15, -0.1) is 11.3 Å². The number of carboxylic acid groups (broad SMARTS) is 1. The molecule has 0 aliphatic heterocycles. The molecule has 0 fully saturated rings. The van der Waals surface area contributed by atoms with Gasteiger partial charge in [-0.05, 0) is 75.7 Å². The quantitative estimate of drug-likeness (QED) is 0.176. The van der Waals surface area contributed by atoms with Gasteiger partial charge in [-0.3, -0.25) is 19.3 Å². The van der Waals surface area contributed by atoms with Crippen LogP contribution in [0.2, 0.25) is 5.02 Å². The SMILES string of the molecule is Cc1cc(C)nc(-c2c(C(F)(F)F)cc3nc(C)n(CCOc4ccc(Cl)cc4-c4cc(C)nc5c(C(=O)O)csc45)c(=O)c3c2C#N)c1. The van der Waals surface area contributed by atoms with Gasteiger partial charge < -0.3 is 9.84 Å². The van der Waals surface area contributed by atoms with Crippen LogP contribution in [0.1, 0.15) is 44.3 Å². The van der Waals surface area contributed by atoms with Crippen LogP contribution in [0.4, 0.5) is 13.2 Å². The normalized spacial score (nSPS) is 11.7. The molecule has 6 aromatic rings. The van der Waals surface area contributed by atoms with Gasteiger partial charge in [0.05, 0.1) is 50.0 Å². The first-order chi connectivity index (χ1) is 23.2. The Morgan fingerprint density at radius 3 is 2.45 bits per heavy atom. The van der Waals surface area contributed by atoms with Crippen LogP contribution in [0, 0.1) is 39.0 Å². The number of thiophene rings is 1. The molecular formula is C35H25ClF3N5O4S. The maximum Gasteiger partial charge on any atom is 0.417 e. The van der Waals surface area contributed by atoms with Crippen LogP contribution < -0.4 is 10.3 Å². The van der Waals surface area contributed by atoms with Crippen molar-refractivity contribution in [2.24, 2.45) is 0 Å². The number of halogens is 4. The second-order valence-electron chi connectivity index (χ2n) is 11.4. The van der Waals surface area contributed by atoms with Crippen molar-refractivity contribution >= 4 is 50.0 Å². The highest BCUT2D eigenvalue weighted by atomic mass is 35.5. The predicted molar refractivity (Wildman–Crippen MR) is 180 cm³/mol. The third kappa shape index (κ3) is 6.21. The summed E-state index contributed by atoms with van der Waals surface area (Å²) in [7, 11) is 0. The summed E-state index contributed by atoms with van der Waals surface area (Å²) in [5.41, 5.74) is 0.205. The Hall–Kier alpha value is -5.32. The maximum absolute atomic E-state index is 14.4. The van der Waals surface area contributed by atoms with Crippen molar-refractivity contribution in [3.8, 4) is 34.2 Å². The molecule has 4 aromatic heterocycles. The van der Waals surface area contributed by atoms with Crippen molar-refractivity contribution in [1.82, 2.24) is 19.5 Å². The average molecular weight is 704 g/mol. The molecule has 248 valence electrons. The van der Waals surface area contributed by atoms with Crippen LogP contribution in [0.15, 0.2) is 52.6 Å². The highest BCUT2D eigenvalue weighted by Crippen LogP contribution is 2.42. The zero-order valence-corrected chi connectivity index (χ0v) is 27.9. The summed E-state index contributed by atoms with van der Waals surface area (Å²) in [6, 6.07) is 12.5. The summed E-state index contributed by atoms with van der Waals surface area (Å²) >= 11 is 7.59. The Labute approximate surface area is 285 Å². The first-order valence-electron chi connectivity index (χ1n) is 14.7. The van der Waals surface area contributed by atoms with Crippen molar-refractivity contribution in [2.75, 3.05) is 6.61 Å². The third-order valence-electron chi connectivity index (χ3n) is 7.90. The van der Waals surface area contributed by atoms with Crippen molar-refractivity contribution in [3.63, 3.8) is 0 Å². The number of nitriles is 1. The molecule has 0 atom stereocenters. The van der Waals surface area contributed by atoms with Crippen molar-refractivity contribution < 1.29 is 27.8 Å². The number of ether oxygens (including phenoxy) is 1. The van der Waals surface area contributed by atoms with Crippen LogP contribution in [-0.2, 0) is 12.7 Å². The fourth-order valence-electron chi connectivity index (χ4n) is 5.90. The largest absolute Gasteiger partial charge is 0.491 e. The second-order valence-corrected chi connectivity index (χ2v) is 12.7. The zero-order chi connectivity index (χ0) is 35.4. The number of fused-ring (bicyclic) bond motifs is 2. The van der Waals surface area contributed by atoms with E-state index < -0.39 is 34.4 Å². The molecule has 4 heterocycles. The lowest BCUT2D eigenvalue weighted by Gasteiger charge is -2.18. The highest BCUT2D eigenvalue weighted by Gasteiger charge is 2.37. The van der Waals surface area contributed by atoms with Crippen LogP contribution in [0.25, 0.3) is 43.5 Å². The lowest BCUT2D eigenvalue weighted by Crippen LogP contribution is -2.27. The number of aromatic carboxylic acids is 1. The van der Waals surface area contributed by atoms with Crippen LogP contribution in [0.5, 0.6) is 5.75 Å². The van der Waals surface area contributed by atoms with Gasteiger partial charge in [0.25, 0.3) is 5.56 Å². The minimum atomic E-state index is -4.86. The number of aromatic nitrogens is 4. The Bertz CT molecular complexity index is 2430. The number of rotatable bonds is 7. The monoisotopic (exact) mass is 703 g/mol. The van der Waals surface area contributed by atoms with E-state index >= 15 is 0 Å². The number of carboxylic acids is 1. The first kappa shape index (κ1) is 33.6. The number of carbonyl (C=O) groups is 1. The summed E-state index contributed by atoms with van der Waals surface area (Å²) in [6.07, 6.45) is -4.86. The Kier molecular flexibility index (Phi) is 8.64. The van der Waals surface area contributed by atoms with Gasteiger partial charge >= 0.3 is 12.1 Å². The van der Waals surface area contributed by atoms with Crippen molar-refractivity contribution in [3.05, 3.63) is 103 Å². The Morgan fingerprint density at radius 2 is 1.78 bits per heavy atom. The number of benzene rings is 2. The van der Waals surface area contributed by atoms with E-state index in [1.165, 1.54) is 34.3 Å². The van der Waals surface area contributed by atoms with Crippen LogP contribution in [-0.4, -0.2) is 37.2 Å². The minimum Gasteiger partial charge on any atom is -0.491 e. The molecule has 1 N–H and O–H groups in total. The van der Waals surface area contributed by atoms with E-state index in [1.807, 2.05) is 6.07 Å². The number of pyridine rings is 2. The molecule has 14 heteroatoms. The summed E-state index contributed by atoms with van der Waals surface area (Å²) in [5.74, 6) is -0.594. The number of hydrogen-bond donors (Lipinski definition) is 1. The van der Waals surface area contributed by atoms with Gasteiger partial charge in [0.1, 0.15) is 24.3 Å². The molecular weight excluding hydrogens is 679 g/mol. The van der Waals surface area contributed by atoms with Gasteiger partial charge in [-0.25, -0.2) is 9.78 Å². The molecule has 0 unspecified atom stereocenters. The van der Waals surface area contributed by atoms with E-state index in [-0.39, 0.29) is 41.1 Å². The number of hydrogen-bond acceptors (Lipinski definition) is 8. The lowest BCUT2D eigenvalue weighted by atomic mass is 9.93. The molecule has 0 aliphatic carbocycles. The Morgan fingerprint density at radius 1 is 1.04 bits per heavy atom. The van der Waals surface area contributed by atoms with Crippen molar-refractivity contribution in [1.29, 1.82) is 5.26 Å². The van der Waals surface area contributed by atoms with Crippen LogP contribution >= 0.6 is 22.9 Å². The molecule has 0 bridgehead atoms. The van der Waals surface area contributed by atoms with Gasteiger partial charge in [-0.1, -0.05) is 11.6 Å². The highest BCUT2D eigenvalue weighted by molar-refractivity contribution is 7.18.